The van der Waals surface area contributed by atoms with Crippen molar-refractivity contribution in [1.29, 1.82) is 0 Å². The molecule has 0 aromatic heterocycles. The van der Waals surface area contributed by atoms with E-state index in [1.807, 2.05) is 6.92 Å². The Labute approximate surface area is 60.4 Å². The summed E-state index contributed by atoms with van der Waals surface area (Å²) in [5.74, 6) is 0. The molecule has 1 unspecified atom stereocenters. The summed E-state index contributed by atoms with van der Waals surface area (Å²) in [4.78, 5) is 0. The lowest BCUT2D eigenvalue weighted by Gasteiger charge is -2.01. The Morgan fingerprint density at radius 3 is 2.30 bits per heavy atom. The first-order chi connectivity index (χ1) is 4.83. The Balaban J connectivity index is 0.000000371. The maximum absolute atomic E-state index is 8.48. The molecule has 62 valence electrons. The minimum Gasteiger partial charge on any atom is -0.400 e. The lowest BCUT2D eigenvalue weighted by molar-refractivity contribution is -0.0505. The topological polar surface area (TPSA) is 58.9 Å². The van der Waals surface area contributed by atoms with E-state index in [0.717, 1.165) is 7.11 Å². The van der Waals surface area contributed by atoms with Crippen molar-refractivity contribution in [1.82, 2.24) is 0 Å². The Morgan fingerprint density at radius 2 is 2.10 bits per heavy atom. The lowest BCUT2D eigenvalue weighted by atomic mass is 10.4. The standard InChI is InChI=1S/C5H10O3.CH4O/c1-4-7-3-5(2-6)8-4;1-2/h4-6H,2-3H2,1H3;2H,1H3/t4?,5-;/m0./s1. The third kappa shape index (κ3) is 3.12. The van der Waals surface area contributed by atoms with Crippen molar-refractivity contribution in [2.75, 3.05) is 20.3 Å². The van der Waals surface area contributed by atoms with Crippen molar-refractivity contribution < 1.29 is 19.7 Å². The average Bonchev–Trinajstić information content (AvgIpc) is 2.40. The quantitative estimate of drug-likeness (QED) is 0.521. The molecule has 0 aromatic carbocycles. The van der Waals surface area contributed by atoms with Gasteiger partial charge in [0.2, 0.25) is 0 Å². The van der Waals surface area contributed by atoms with Crippen LogP contribution < -0.4 is 0 Å². The molecule has 0 bridgehead atoms. The molecule has 2 N–H and O–H groups in total. The molecule has 1 aliphatic rings. The SMILES string of the molecule is CC1OC[C@H](CO)O1.CO. The van der Waals surface area contributed by atoms with Crippen LogP contribution in [0.4, 0.5) is 0 Å². The maximum atomic E-state index is 8.48. The average molecular weight is 150 g/mol. The molecule has 0 aliphatic carbocycles. The van der Waals surface area contributed by atoms with Gasteiger partial charge in [0, 0.05) is 7.11 Å². The van der Waals surface area contributed by atoms with E-state index in [-0.39, 0.29) is 19.0 Å². The highest BCUT2D eigenvalue weighted by molar-refractivity contribution is 4.59. The van der Waals surface area contributed by atoms with Crippen molar-refractivity contribution >= 4 is 0 Å². The Bertz CT molecular complexity index is 76.1. The molecule has 1 aliphatic heterocycles. The van der Waals surface area contributed by atoms with E-state index < -0.39 is 0 Å². The van der Waals surface area contributed by atoms with Gasteiger partial charge >= 0.3 is 0 Å². The van der Waals surface area contributed by atoms with E-state index in [4.69, 9.17) is 19.7 Å². The molecule has 4 nitrogen and oxygen atoms in total. The van der Waals surface area contributed by atoms with Crippen molar-refractivity contribution in [3.8, 4) is 0 Å². The number of ether oxygens (including phenoxy) is 2. The Morgan fingerprint density at radius 1 is 1.50 bits per heavy atom. The van der Waals surface area contributed by atoms with Crippen LogP contribution >= 0.6 is 0 Å². The van der Waals surface area contributed by atoms with Gasteiger partial charge in [-0.1, -0.05) is 0 Å². The summed E-state index contributed by atoms with van der Waals surface area (Å²) in [5, 5.41) is 15.5. The predicted octanol–water partition coefficient (Wildman–Crippen LogP) is -0.651. The van der Waals surface area contributed by atoms with Gasteiger partial charge in [-0.15, -0.1) is 0 Å². The minimum atomic E-state index is -0.132. The normalized spacial score (nSPS) is 31.2. The molecule has 1 heterocycles. The minimum absolute atomic E-state index is 0.0599. The van der Waals surface area contributed by atoms with Crippen LogP contribution in [0.3, 0.4) is 0 Å². The number of aliphatic hydroxyl groups is 2. The molecule has 4 heteroatoms. The van der Waals surface area contributed by atoms with Crippen LogP contribution in [0.2, 0.25) is 0 Å². The second kappa shape index (κ2) is 5.61. The van der Waals surface area contributed by atoms with Gasteiger partial charge in [0.1, 0.15) is 6.10 Å². The number of rotatable bonds is 1. The summed E-state index contributed by atoms with van der Waals surface area (Å²) < 4.78 is 10.0. The van der Waals surface area contributed by atoms with E-state index in [2.05, 4.69) is 0 Å². The summed E-state index contributed by atoms with van der Waals surface area (Å²) in [7, 11) is 1.00. The molecule has 1 rings (SSSR count). The monoisotopic (exact) mass is 150 g/mol. The summed E-state index contributed by atoms with van der Waals surface area (Å²) in [5.41, 5.74) is 0. The van der Waals surface area contributed by atoms with Gasteiger partial charge in [-0.05, 0) is 6.92 Å². The van der Waals surface area contributed by atoms with Crippen LogP contribution in [0.1, 0.15) is 6.92 Å². The number of hydrogen-bond donors (Lipinski definition) is 2. The van der Waals surface area contributed by atoms with Crippen LogP contribution in [0.15, 0.2) is 0 Å². The molecule has 2 atom stereocenters. The molecule has 0 amide bonds. The summed E-state index contributed by atoms with van der Waals surface area (Å²) in [6, 6.07) is 0. The highest BCUT2D eigenvalue weighted by Gasteiger charge is 2.20. The summed E-state index contributed by atoms with van der Waals surface area (Å²) in [6.45, 7) is 2.40. The fourth-order valence-corrected chi connectivity index (χ4v) is 0.688. The first kappa shape index (κ1) is 9.84. The first-order valence-electron chi connectivity index (χ1n) is 3.15. The van der Waals surface area contributed by atoms with Gasteiger partial charge in [0.25, 0.3) is 0 Å². The highest BCUT2D eigenvalue weighted by atomic mass is 16.7. The van der Waals surface area contributed by atoms with Gasteiger partial charge in [-0.3, -0.25) is 0 Å². The number of aliphatic hydroxyl groups excluding tert-OH is 2. The molecule has 0 aromatic rings. The predicted molar refractivity (Wildman–Crippen MR) is 35.5 cm³/mol. The molecule has 0 radical (unpaired) electrons. The van der Waals surface area contributed by atoms with Crippen LogP contribution in [-0.2, 0) is 9.47 Å². The van der Waals surface area contributed by atoms with E-state index in [1.165, 1.54) is 0 Å². The summed E-state index contributed by atoms with van der Waals surface area (Å²) in [6.07, 6.45) is -0.225. The molecule has 1 saturated heterocycles. The third-order valence-corrected chi connectivity index (χ3v) is 1.10. The zero-order valence-corrected chi connectivity index (χ0v) is 6.28. The van der Waals surface area contributed by atoms with Gasteiger partial charge < -0.3 is 19.7 Å². The molecular formula is C6H14O4. The third-order valence-electron chi connectivity index (χ3n) is 1.10. The molecule has 1 fully saturated rings. The van der Waals surface area contributed by atoms with E-state index in [9.17, 15) is 0 Å². The van der Waals surface area contributed by atoms with Gasteiger partial charge in [0.05, 0.1) is 13.2 Å². The van der Waals surface area contributed by atoms with Crippen LogP contribution in [0, 0.1) is 0 Å². The maximum Gasteiger partial charge on any atom is 0.155 e. The Kier molecular flexibility index (Phi) is 5.52. The second-order valence-corrected chi connectivity index (χ2v) is 1.84. The molecule has 0 spiro atoms. The van der Waals surface area contributed by atoms with Gasteiger partial charge in [-0.25, -0.2) is 0 Å². The molecular weight excluding hydrogens is 136 g/mol. The zero-order valence-electron chi connectivity index (χ0n) is 6.28. The fraction of sp³-hybridized carbons (Fsp3) is 1.00. The van der Waals surface area contributed by atoms with E-state index in [0.29, 0.717) is 6.61 Å². The van der Waals surface area contributed by atoms with Gasteiger partial charge in [-0.2, -0.15) is 0 Å². The van der Waals surface area contributed by atoms with Crippen molar-refractivity contribution in [3.63, 3.8) is 0 Å². The van der Waals surface area contributed by atoms with Crippen LogP contribution in [0.5, 0.6) is 0 Å². The zero-order chi connectivity index (χ0) is 7.98. The second-order valence-electron chi connectivity index (χ2n) is 1.84. The Hall–Kier alpha value is -0.160. The van der Waals surface area contributed by atoms with Gasteiger partial charge in [0.15, 0.2) is 6.29 Å². The summed E-state index contributed by atoms with van der Waals surface area (Å²) >= 11 is 0. The first-order valence-corrected chi connectivity index (χ1v) is 3.15. The lowest BCUT2D eigenvalue weighted by Crippen LogP contribution is -2.14. The smallest absolute Gasteiger partial charge is 0.155 e. The van der Waals surface area contributed by atoms with E-state index in [1.54, 1.807) is 0 Å². The molecule has 10 heavy (non-hydrogen) atoms. The largest absolute Gasteiger partial charge is 0.400 e. The van der Waals surface area contributed by atoms with Crippen molar-refractivity contribution in [2.24, 2.45) is 0 Å². The molecule has 0 saturated carbocycles. The highest BCUT2D eigenvalue weighted by Crippen LogP contribution is 2.08. The number of hydrogen-bond acceptors (Lipinski definition) is 4. The van der Waals surface area contributed by atoms with Crippen LogP contribution in [-0.4, -0.2) is 42.9 Å². The van der Waals surface area contributed by atoms with Crippen LogP contribution in [0.25, 0.3) is 0 Å². The van der Waals surface area contributed by atoms with Crippen molar-refractivity contribution in [3.05, 3.63) is 0 Å². The van der Waals surface area contributed by atoms with Crippen molar-refractivity contribution in [2.45, 2.75) is 19.3 Å². The van der Waals surface area contributed by atoms with E-state index >= 15 is 0 Å². The fourth-order valence-electron chi connectivity index (χ4n) is 0.688.